The summed E-state index contributed by atoms with van der Waals surface area (Å²) in [5.41, 5.74) is 1.32. The molecule has 5 heteroatoms. The molecule has 1 heterocycles. The fraction of sp³-hybridized carbons (Fsp3) is 0.200. The van der Waals surface area contributed by atoms with Crippen LogP contribution in [0.4, 0.5) is 0 Å². The van der Waals surface area contributed by atoms with Gasteiger partial charge < -0.3 is 15.3 Å². The third-order valence-electron chi connectivity index (χ3n) is 2.33. The van der Waals surface area contributed by atoms with E-state index in [1.807, 2.05) is 0 Å². The Kier molecular flexibility index (Phi) is 2.07. The third kappa shape index (κ3) is 1.63. The maximum Gasteiger partial charge on any atom is 0.328 e. The van der Waals surface area contributed by atoms with Crippen LogP contribution in [-0.4, -0.2) is 33.5 Å². The minimum Gasteiger partial charge on any atom is -0.504 e. The fourth-order valence-corrected chi connectivity index (χ4v) is 1.52. The van der Waals surface area contributed by atoms with Crippen LogP contribution in [0.3, 0.4) is 0 Å². The van der Waals surface area contributed by atoms with Gasteiger partial charge >= 0.3 is 5.97 Å². The smallest absolute Gasteiger partial charge is 0.328 e. The van der Waals surface area contributed by atoms with Crippen molar-refractivity contribution in [2.75, 3.05) is 0 Å². The molecule has 15 heavy (non-hydrogen) atoms. The Labute approximate surface area is 85.3 Å². The zero-order valence-corrected chi connectivity index (χ0v) is 7.71. The van der Waals surface area contributed by atoms with Crippen LogP contribution in [0, 0.1) is 0 Å². The number of rotatable bonds is 1. The maximum absolute atomic E-state index is 10.7. The van der Waals surface area contributed by atoms with Crippen molar-refractivity contribution in [3.8, 4) is 11.5 Å². The molecule has 0 radical (unpaired) electrons. The molecule has 0 amide bonds. The van der Waals surface area contributed by atoms with Gasteiger partial charge in [-0.2, -0.15) is 0 Å². The summed E-state index contributed by atoms with van der Waals surface area (Å²) in [6.07, 6.45) is 1.63. The number of hydrogen-bond donors (Lipinski definition) is 3. The first-order valence-corrected chi connectivity index (χ1v) is 4.39. The molecule has 1 aliphatic rings. The lowest BCUT2D eigenvalue weighted by molar-refractivity contribution is -0.138. The van der Waals surface area contributed by atoms with E-state index in [4.69, 9.17) is 5.11 Å². The summed E-state index contributed by atoms with van der Waals surface area (Å²) < 4.78 is 0. The number of phenols is 2. The van der Waals surface area contributed by atoms with Gasteiger partial charge in [-0.3, -0.25) is 4.99 Å². The van der Waals surface area contributed by atoms with E-state index in [0.29, 0.717) is 11.1 Å². The zero-order valence-electron chi connectivity index (χ0n) is 7.71. The molecule has 5 nitrogen and oxygen atoms in total. The Hall–Kier alpha value is -2.04. The molecule has 0 bridgehead atoms. The number of carbonyl (C=O) groups is 1. The first kappa shape index (κ1) is 9.51. The van der Waals surface area contributed by atoms with Gasteiger partial charge in [0.25, 0.3) is 0 Å². The number of hydrogen-bond acceptors (Lipinski definition) is 4. The molecule has 0 fully saturated rings. The molecule has 0 aromatic heterocycles. The van der Waals surface area contributed by atoms with Gasteiger partial charge in [0.1, 0.15) is 0 Å². The molecule has 0 unspecified atom stereocenters. The number of nitrogens with zero attached hydrogens (tertiary/aromatic N) is 1. The third-order valence-corrected chi connectivity index (χ3v) is 2.33. The predicted molar refractivity (Wildman–Crippen MR) is 52.5 cm³/mol. The van der Waals surface area contributed by atoms with Crippen molar-refractivity contribution in [3.63, 3.8) is 0 Å². The van der Waals surface area contributed by atoms with Crippen molar-refractivity contribution in [1.29, 1.82) is 0 Å². The summed E-state index contributed by atoms with van der Waals surface area (Å²) in [5.74, 6) is -1.47. The number of carboxylic acids is 1. The van der Waals surface area contributed by atoms with Crippen molar-refractivity contribution in [2.24, 2.45) is 4.99 Å². The Morgan fingerprint density at radius 3 is 2.67 bits per heavy atom. The molecule has 1 atom stereocenters. The second-order valence-corrected chi connectivity index (χ2v) is 3.38. The highest BCUT2D eigenvalue weighted by atomic mass is 16.4. The van der Waals surface area contributed by atoms with Gasteiger partial charge in [-0.05, 0) is 23.3 Å². The minimum absolute atomic E-state index is 0.228. The standard InChI is InChI=1S/C10H9NO4/c12-8-2-5-1-7(10(14)15)11-4-6(5)3-9(8)13/h2-4,7,12-13H,1H2,(H,14,15)/t7-/m1/s1. The lowest BCUT2D eigenvalue weighted by atomic mass is 9.97. The summed E-state index contributed by atoms with van der Waals surface area (Å²) >= 11 is 0. The topological polar surface area (TPSA) is 90.1 Å². The Morgan fingerprint density at radius 2 is 2.00 bits per heavy atom. The Bertz CT molecular complexity index is 453. The molecule has 78 valence electrons. The van der Waals surface area contributed by atoms with Crippen molar-refractivity contribution >= 4 is 12.2 Å². The summed E-state index contributed by atoms with van der Waals surface area (Å²) in [5, 5.41) is 27.2. The molecule has 3 N–H and O–H groups in total. The maximum atomic E-state index is 10.7. The highest BCUT2D eigenvalue weighted by molar-refractivity contribution is 5.88. The van der Waals surface area contributed by atoms with Gasteiger partial charge in [0.2, 0.25) is 0 Å². The number of benzene rings is 1. The van der Waals surface area contributed by atoms with E-state index >= 15 is 0 Å². The predicted octanol–water partition coefficient (Wildman–Crippen LogP) is 0.526. The quantitative estimate of drug-likeness (QED) is 0.586. The van der Waals surface area contributed by atoms with Crippen LogP contribution < -0.4 is 0 Å². The summed E-state index contributed by atoms with van der Waals surface area (Å²) in [7, 11) is 0. The second kappa shape index (κ2) is 3.27. The molecule has 2 rings (SSSR count). The molecule has 1 aromatic rings. The molecule has 0 saturated carbocycles. The monoisotopic (exact) mass is 207 g/mol. The molecule has 1 aliphatic heterocycles. The van der Waals surface area contributed by atoms with Gasteiger partial charge in [0.05, 0.1) is 0 Å². The van der Waals surface area contributed by atoms with E-state index in [0.717, 1.165) is 0 Å². The van der Waals surface area contributed by atoms with Crippen LogP contribution >= 0.6 is 0 Å². The molecule has 0 spiro atoms. The van der Waals surface area contributed by atoms with E-state index in [2.05, 4.69) is 4.99 Å². The lowest BCUT2D eigenvalue weighted by Crippen LogP contribution is -2.24. The first-order valence-electron chi connectivity index (χ1n) is 4.39. The van der Waals surface area contributed by atoms with Crippen LogP contribution in [-0.2, 0) is 11.2 Å². The number of aromatic hydroxyl groups is 2. The molecular formula is C10H9NO4. The SMILES string of the molecule is O=C(O)[C@H]1Cc2cc(O)c(O)cc2C=N1. The Morgan fingerprint density at radius 1 is 1.33 bits per heavy atom. The van der Waals surface area contributed by atoms with Gasteiger partial charge in [-0.15, -0.1) is 0 Å². The van der Waals surface area contributed by atoms with Crippen LogP contribution in [0.25, 0.3) is 0 Å². The second-order valence-electron chi connectivity index (χ2n) is 3.38. The zero-order chi connectivity index (χ0) is 11.0. The van der Waals surface area contributed by atoms with E-state index in [1.165, 1.54) is 18.3 Å². The van der Waals surface area contributed by atoms with E-state index < -0.39 is 12.0 Å². The van der Waals surface area contributed by atoms with Crippen molar-refractivity contribution in [3.05, 3.63) is 23.3 Å². The number of aliphatic carboxylic acids is 1. The summed E-state index contributed by atoms with van der Waals surface area (Å²) in [6, 6.07) is 1.93. The minimum atomic E-state index is -0.996. The molecule has 0 aliphatic carbocycles. The van der Waals surface area contributed by atoms with Crippen LogP contribution in [0.5, 0.6) is 11.5 Å². The van der Waals surface area contributed by atoms with Crippen LogP contribution in [0.15, 0.2) is 17.1 Å². The summed E-state index contributed by atoms with van der Waals surface area (Å²) in [4.78, 5) is 14.5. The van der Waals surface area contributed by atoms with Gasteiger partial charge in [-0.25, -0.2) is 4.79 Å². The van der Waals surface area contributed by atoms with E-state index in [1.54, 1.807) is 0 Å². The average molecular weight is 207 g/mol. The molecular weight excluding hydrogens is 198 g/mol. The molecule has 0 saturated heterocycles. The van der Waals surface area contributed by atoms with E-state index in [9.17, 15) is 15.0 Å². The van der Waals surface area contributed by atoms with Gasteiger partial charge in [0, 0.05) is 12.6 Å². The molecule has 1 aromatic carbocycles. The van der Waals surface area contributed by atoms with Crippen molar-refractivity contribution in [1.82, 2.24) is 0 Å². The number of aliphatic imine (C=N–C) groups is 1. The average Bonchev–Trinajstić information content (AvgIpc) is 2.19. The highest BCUT2D eigenvalue weighted by Gasteiger charge is 2.22. The van der Waals surface area contributed by atoms with Crippen LogP contribution in [0.1, 0.15) is 11.1 Å². The van der Waals surface area contributed by atoms with Gasteiger partial charge in [-0.1, -0.05) is 0 Å². The normalized spacial score (nSPS) is 18.5. The fourth-order valence-electron chi connectivity index (χ4n) is 1.52. The largest absolute Gasteiger partial charge is 0.504 e. The van der Waals surface area contributed by atoms with Crippen LogP contribution in [0.2, 0.25) is 0 Å². The van der Waals surface area contributed by atoms with Crippen molar-refractivity contribution in [2.45, 2.75) is 12.5 Å². The highest BCUT2D eigenvalue weighted by Crippen LogP contribution is 2.30. The summed E-state index contributed by atoms with van der Waals surface area (Å²) in [6.45, 7) is 0. The lowest BCUT2D eigenvalue weighted by Gasteiger charge is -2.15. The Balaban J connectivity index is 2.42. The van der Waals surface area contributed by atoms with E-state index in [-0.39, 0.29) is 17.9 Å². The van der Waals surface area contributed by atoms with Gasteiger partial charge in [0.15, 0.2) is 17.5 Å². The van der Waals surface area contributed by atoms with Crippen molar-refractivity contribution < 1.29 is 20.1 Å². The number of phenolic OH excluding ortho intramolecular Hbond substituents is 2. The first-order chi connectivity index (χ1) is 7.08. The number of carboxylic acid groups (broad SMARTS) is 1. The number of fused-ring (bicyclic) bond motifs is 1.